The summed E-state index contributed by atoms with van der Waals surface area (Å²) in [5, 5.41) is 4.55. The van der Waals surface area contributed by atoms with Gasteiger partial charge >= 0.3 is 0 Å². The number of carbonyl (C=O) groups excluding carboxylic acids is 1. The molecule has 5 rings (SSSR count). The summed E-state index contributed by atoms with van der Waals surface area (Å²) in [6, 6.07) is 8.94. The molecule has 3 aromatic rings. The highest BCUT2D eigenvalue weighted by Crippen LogP contribution is 2.38. The van der Waals surface area contributed by atoms with Crippen LogP contribution < -0.4 is 11.1 Å². The van der Waals surface area contributed by atoms with Gasteiger partial charge in [0, 0.05) is 47.0 Å². The van der Waals surface area contributed by atoms with Crippen molar-refractivity contribution in [3.05, 3.63) is 46.5 Å². The third kappa shape index (κ3) is 4.59. The van der Waals surface area contributed by atoms with Gasteiger partial charge < -0.3 is 16.0 Å². The number of aromatic amines is 1. The largest absolute Gasteiger partial charge is 0.366 e. The summed E-state index contributed by atoms with van der Waals surface area (Å²) >= 11 is 1.74. The molecule has 0 unspecified atom stereocenters. The summed E-state index contributed by atoms with van der Waals surface area (Å²) < 4.78 is 26.1. The van der Waals surface area contributed by atoms with Gasteiger partial charge in [0.25, 0.3) is 5.91 Å². The summed E-state index contributed by atoms with van der Waals surface area (Å²) in [5.41, 5.74) is 9.13. The molecule has 0 spiro atoms. The van der Waals surface area contributed by atoms with Gasteiger partial charge in [-0.15, -0.1) is 11.3 Å². The maximum Gasteiger partial charge on any atom is 0.250 e. The van der Waals surface area contributed by atoms with E-state index >= 15 is 0 Å². The van der Waals surface area contributed by atoms with Crippen LogP contribution in [0.3, 0.4) is 0 Å². The number of piperidine rings is 1. The lowest BCUT2D eigenvalue weighted by atomic mass is 9.89. The normalized spacial score (nSPS) is 18.2. The number of amides is 1. The first kappa shape index (κ1) is 22.6. The Hall–Kier alpha value is -2.20. The Balaban J connectivity index is 1.45. The van der Waals surface area contributed by atoms with Gasteiger partial charge in [0.1, 0.15) is 0 Å². The van der Waals surface area contributed by atoms with Crippen molar-refractivity contribution in [1.29, 1.82) is 0 Å². The maximum absolute atomic E-state index is 12.3. The summed E-state index contributed by atoms with van der Waals surface area (Å²) in [5.74, 6) is -0.0827. The highest BCUT2D eigenvalue weighted by molar-refractivity contribution is 7.89. The second-order valence-electron chi connectivity index (χ2n) is 9.05. The third-order valence-electron chi connectivity index (χ3n) is 6.83. The molecule has 1 saturated heterocycles. The van der Waals surface area contributed by atoms with Gasteiger partial charge in [-0.3, -0.25) is 4.79 Å². The van der Waals surface area contributed by atoms with E-state index in [0.29, 0.717) is 24.7 Å². The molecular formula is C24H30N4O3S2. The van der Waals surface area contributed by atoms with Crippen molar-refractivity contribution in [2.45, 2.75) is 51.1 Å². The van der Waals surface area contributed by atoms with Crippen molar-refractivity contribution >= 4 is 38.2 Å². The number of nitrogens with two attached hydrogens (primary N) is 1. The fourth-order valence-corrected chi connectivity index (χ4v) is 6.79. The molecule has 176 valence electrons. The topological polar surface area (TPSA) is 108 Å². The van der Waals surface area contributed by atoms with Crippen LogP contribution in [0.2, 0.25) is 0 Å². The number of H-pyrrole nitrogens is 1. The highest BCUT2D eigenvalue weighted by Gasteiger charge is 2.29. The van der Waals surface area contributed by atoms with Crippen LogP contribution in [0.25, 0.3) is 21.3 Å². The van der Waals surface area contributed by atoms with Crippen molar-refractivity contribution < 1.29 is 13.2 Å². The second-order valence-corrected chi connectivity index (χ2v) is 12.5. The van der Waals surface area contributed by atoms with Gasteiger partial charge in [0.2, 0.25) is 10.0 Å². The number of nitrogens with one attached hydrogen (secondary N) is 2. The van der Waals surface area contributed by atoms with E-state index in [0.717, 1.165) is 46.3 Å². The number of primary amides is 1. The van der Waals surface area contributed by atoms with Crippen LogP contribution in [0.1, 0.15) is 59.3 Å². The Morgan fingerprint density at radius 3 is 2.64 bits per heavy atom. The molecule has 1 saturated carbocycles. The number of sulfonamides is 1. The molecule has 0 atom stereocenters. The number of rotatable bonds is 8. The second kappa shape index (κ2) is 8.87. The SMILES string of the molecule is CCS(=O)(=O)N1CCC(c2c[nH]c3c(C(N)=O)cc(-c4ccc(CNC5CC5)s4)cc23)CC1. The molecule has 1 aromatic carbocycles. The first-order chi connectivity index (χ1) is 15.9. The Kier molecular flexibility index (Phi) is 6.07. The molecule has 1 amide bonds. The molecule has 7 nitrogen and oxygen atoms in total. The van der Waals surface area contributed by atoms with Crippen molar-refractivity contribution in [3.63, 3.8) is 0 Å². The smallest absolute Gasteiger partial charge is 0.250 e. The van der Waals surface area contributed by atoms with Crippen LogP contribution in [0.4, 0.5) is 0 Å². The summed E-state index contributed by atoms with van der Waals surface area (Å²) in [6.45, 7) is 3.61. The lowest BCUT2D eigenvalue weighted by molar-refractivity contribution is 0.100. The van der Waals surface area contributed by atoms with Crippen molar-refractivity contribution in [3.8, 4) is 10.4 Å². The van der Waals surface area contributed by atoms with E-state index in [1.807, 2.05) is 12.3 Å². The molecule has 3 heterocycles. The number of aromatic nitrogens is 1. The zero-order valence-corrected chi connectivity index (χ0v) is 20.4. The number of hydrogen-bond donors (Lipinski definition) is 3. The Bertz CT molecular complexity index is 1280. The number of thiophene rings is 1. The molecule has 2 aliphatic rings. The highest BCUT2D eigenvalue weighted by atomic mass is 32.2. The standard InChI is InChI=1S/C24H30N4O3S2/c1-2-33(30,31)28-9-7-15(8-10-28)21-14-27-23-19(21)11-16(12-20(23)24(25)29)22-6-5-18(32-22)13-26-17-3-4-17/h5-6,11-12,14-15,17,26-27H,2-4,7-10,13H2,1H3,(H2,25,29). The van der Waals surface area contributed by atoms with Crippen LogP contribution in [0.5, 0.6) is 0 Å². The van der Waals surface area contributed by atoms with E-state index in [1.165, 1.54) is 17.7 Å². The van der Waals surface area contributed by atoms with Crippen LogP contribution in [-0.4, -0.2) is 48.5 Å². The first-order valence-corrected chi connectivity index (χ1v) is 14.0. The maximum atomic E-state index is 12.3. The molecule has 0 radical (unpaired) electrons. The van der Waals surface area contributed by atoms with Crippen LogP contribution >= 0.6 is 11.3 Å². The summed E-state index contributed by atoms with van der Waals surface area (Å²) in [7, 11) is -3.16. The predicted octanol–water partition coefficient (Wildman–Crippen LogP) is 3.78. The van der Waals surface area contributed by atoms with Crippen LogP contribution in [0, 0.1) is 0 Å². The number of benzene rings is 1. The van der Waals surface area contributed by atoms with Crippen LogP contribution in [-0.2, 0) is 16.6 Å². The van der Waals surface area contributed by atoms with E-state index in [-0.39, 0.29) is 11.7 Å². The molecule has 1 aliphatic carbocycles. The molecule has 2 fully saturated rings. The minimum Gasteiger partial charge on any atom is -0.366 e. The molecule has 33 heavy (non-hydrogen) atoms. The third-order valence-corrected chi connectivity index (χ3v) is 9.84. The van der Waals surface area contributed by atoms with Gasteiger partial charge in [-0.2, -0.15) is 0 Å². The Morgan fingerprint density at radius 1 is 1.21 bits per heavy atom. The molecule has 4 N–H and O–H groups in total. The number of fused-ring (bicyclic) bond motifs is 1. The van der Waals surface area contributed by atoms with Crippen LogP contribution in [0.15, 0.2) is 30.5 Å². The summed E-state index contributed by atoms with van der Waals surface area (Å²) in [6.07, 6.45) is 6.01. The van der Waals surface area contributed by atoms with Gasteiger partial charge in [0.15, 0.2) is 0 Å². The van der Waals surface area contributed by atoms with Crippen molar-refractivity contribution in [1.82, 2.24) is 14.6 Å². The Labute approximate surface area is 198 Å². The van der Waals surface area contributed by atoms with Gasteiger partial charge in [-0.05, 0) is 73.9 Å². The molecule has 2 aromatic heterocycles. The molecule has 0 bridgehead atoms. The minimum absolute atomic E-state index is 0.134. The average molecular weight is 487 g/mol. The summed E-state index contributed by atoms with van der Waals surface area (Å²) in [4.78, 5) is 17.9. The van der Waals surface area contributed by atoms with E-state index in [9.17, 15) is 13.2 Å². The van der Waals surface area contributed by atoms with E-state index in [2.05, 4.69) is 28.5 Å². The molecule has 9 heteroatoms. The lowest BCUT2D eigenvalue weighted by Crippen LogP contribution is -2.38. The number of hydrogen-bond acceptors (Lipinski definition) is 5. The van der Waals surface area contributed by atoms with Gasteiger partial charge in [-0.25, -0.2) is 12.7 Å². The quantitative estimate of drug-likeness (QED) is 0.450. The molecule has 1 aliphatic heterocycles. The zero-order chi connectivity index (χ0) is 23.2. The average Bonchev–Trinajstić information content (AvgIpc) is 3.36. The number of carbonyl (C=O) groups is 1. The predicted molar refractivity (Wildman–Crippen MR) is 133 cm³/mol. The van der Waals surface area contributed by atoms with Gasteiger partial charge in [-0.1, -0.05) is 0 Å². The van der Waals surface area contributed by atoms with E-state index in [1.54, 1.807) is 22.6 Å². The fraction of sp³-hybridized carbons (Fsp3) is 0.458. The Morgan fingerprint density at radius 2 is 1.97 bits per heavy atom. The first-order valence-electron chi connectivity index (χ1n) is 11.6. The van der Waals surface area contributed by atoms with E-state index < -0.39 is 15.9 Å². The van der Waals surface area contributed by atoms with E-state index in [4.69, 9.17) is 5.73 Å². The van der Waals surface area contributed by atoms with Crippen molar-refractivity contribution in [2.24, 2.45) is 5.73 Å². The monoisotopic (exact) mass is 486 g/mol. The van der Waals surface area contributed by atoms with Gasteiger partial charge in [0.05, 0.1) is 16.8 Å². The molecular weight excluding hydrogens is 456 g/mol. The number of nitrogens with zero attached hydrogens (tertiary/aromatic N) is 1. The lowest BCUT2D eigenvalue weighted by Gasteiger charge is -2.31. The fourth-order valence-electron chi connectivity index (χ4n) is 4.72. The minimum atomic E-state index is -3.16. The zero-order valence-electron chi connectivity index (χ0n) is 18.8. The van der Waals surface area contributed by atoms with Crippen molar-refractivity contribution in [2.75, 3.05) is 18.8 Å².